The van der Waals surface area contributed by atoms with E-state index in [9.17, 15) is 8.78 Å². The third kappa shape index (κ3) is 4.35. The summed E-state index contributed by atoms with van der Waals surface area (Å²) >= 11 is 5.61. The lowest BCUT2D eigenvalue weighted by Gasteiger charge is -2.10. The lowest BCUT2D eigenvalue weighted by Crippen LogP contribution is -2.08. The van der Waals surface area contributed by atoms with E-state index >= 15 is 0 Å². The van der Waals surface area contributed by atoms with E-state index < -0.39 is 6.61 Å². The fraction of sp³-hybridized carbons (Fsp3) is 0.154. The third-order valence-electron chi connectivity index (χ3n) is 2.46. The van der Waals surface area contributed by atoms with Crippen LogP contribution in [-0.2, 0) is 0 Å². The van der Waals surface area contributed by atoms with Crippen molar-refractivity contribution in [1.29, 1.82) is 0 Å². The van der Waals surface area contributed by atoms with Gasteiger partial charge >= 0.3 is 6.61 Å². The molecule has 1 heterocycles. The molecule has 0 saturated carbocycles. The van der Waals surface area contributed by atoms with Crippen LogP contribution in [0.3, 0.4) is 0 Å². The van der Waals surface area contributed by atoms with Crippen molar-refractivity contribution in [2.24, 2.45) is 5.10 Å². The van der Waals surface area contributed by atoms with Gasteiger partial charge in [-0.3, -0.25) is 5.43 Å². The van der Waals surface area contributed by atoms with Gasteiger partial charge in [0, 0.05) is 5.56 Å². The molecule has 0 aliphatic heterocycles. The van der Waals surface area contributed by atoms with Gasteiger partial charge in [-0.25, -0.2) is 0 Å². The SMILES string of the molecule is C/C(=N\Nc1ccc(Cl)nn1)c1ccccc1OC(F)F. The van der Waals surface area contributed by atoms with E-state index in [0.29, 0.717) is 17.1 Å². The Balaban J connectivity index is 2.17. The number of alkyl halides is 2. The van der Waals surface area contributed by atoms with Gasteiger partial charge in [0.05, 0.1) is 5.71 Å². The maximum Gasteiger partial charge on any atom is 0.387 e. The normalized spacial score (nSPS) is 11.6. The number of para-hydroxylation sites is 1. The molecule has 0 spiro atoms. The van der Waals surface area contributed by atoms with E-state index in [4.69, 9.17) is 11.6 Å². The summed E-state index contributed by atoms with van der Waals surface area (Å²) in [5.41, 5.74) is 3.58. The zero-order valence-corrected chi connectivity index (χ0v) is 11.7. The first-order chi connectivity index (χ1) is 10.1. The van der Waals surface area contributed by atoms with Gasteiger partial charge < -0.3 is 4.74 Å². The molecule has 1 aromatic carbocycles. The van der Waals surface area contributed by atoms with Crippen molar-refractivity contribution < 1.29 is 13.5 Å². The van der Waals surface area contributed by atoms with Crippen LogP contribution in [0, 0.1) is 0 Å². The van der Waals surface area contributed by atoms with Crippen LogP contribution >= 0.6 is 11.6 Å². The van der Waals surface area contributed by atoms with Gasteiger partial charge in [-0.05, 0) is 31.2 Å². The second-order valence-electron chi connectivity index (χ2n) is 3.92. The van der Waals surface area contributed by atoms with Gasteiger partial charge in [-0.1, -0.05) is 23.7 Å². The Bertz CT molecular complexity index is 634. The summed E-state index contributed by atoms with van der Waals surface area (Å²) in [5, 5.41) is 11.7. The molecular formula is C13H11ClF2N4O. The Morgan fingerprint density at radius 2 is 2.00 bits per heavy atom. The van der Waals surface area contributed by atoms with Crippen molar-refractivity contribution in [3.05, 3.63) is 47.1 Å². The maximum absolute atomic E-state index is 12.3. The lowest BCUT2D eigenvalue weighted by atomic mass is 10.1. The van der Waals surface area contributed by atoms with Crippen molar-refractivity contribution >= 4 is 23.1 Å². The number of anilines is 1. The van der Waals surface area contributed by atoms with Crippen LogP contribution in [0.1, 0.15) is 12.5 Å². The third-order valence-corrected chi connectivity index (χ3v) is 2.66. The van der Waals surface area contributed by atoms with E-state index in [-0.39, 0.29) is 10.9 Å². The summed E-state index contributed by atoms with van der Waals surface area (Å²) in [4.78, 5) is 0. The topological polar surface area (TPSA) is 59.4 Å². The first-order valence-corrected chi connectivity index (χ1v) is 6.28. The van der Waals surface area contributed by atoms with Gasteiger partial charge in [0.15, 0.2) is 11.0 Å². The molecule has 0 unspecified atom stereocenters. The number of ether oxygens (including phenoxy) is 1. The Hall–Kier alpha value is -2.28. The number of rotatable bonds is 5. The first kappa shape index (κ1) is 15.1. The van der Waals surface area contributed by atoms with Crippen LogP contribution in [0.15, 0.2) is 41.5 Å². The molecule has 0 aliphatic rings. The second kappa shape index (κ2) is 6.94. The van der Waals surface area contributed by atoms with Crippen LogP contribution in [0.5, 0.6) is 5.75 Å². The standard InChI is InChI=1S/C13H11ClF2N4O/c1-8(17-19-12-7-6-11(14)18-20-12)9-4-2-3-5-10(9)21-13(15)16/h2-7,13H,1H3,(H,19,20)/b17-8+. The summed E-state index contributed by atoms with van der Waals surface area (Å²) in [5.74, 6) is 0.434. The van der Waals surface area contributed by atoms with Gasteiger partial charge in [0.25, 0.3) is 0 Å². The molecule has 2 rings (SSSR count). The maximum atomic E-state index is 12.3. The molecular weight excluding hydrogens is 302 g/mol. The lowest BCUT2D eigenvalue weighted by molar-refractivity contribution is -0.0499. The second-order valence-corrected chi connectivity index (χ2v) is 4.31. The Kier molecular flexibility index (Phi) is 4.99. The molecule has 0 radical (unpaired) electrons. The predicted molar refractivity (Wildman–Crippen MR) is 75.9 cm³/mol. The zero-order chi connectivity index (χ0) is 15.2. The average Bonchev–Trinajstić information content (AvgIpc) is 2.46. The van der Waals surface area contributed by atoms with Crippen LogP contribution in [0.2, 0.25) is 5.15 Å². The number of nitrogens with zero attached hydrogens (tertiary/aromatic N) is 3. The van der Waals surface area contributed by atoms with E-state index in [2.05, 4.69) is 25.5 Å². The minimum Gasteiger partial charge on any atom is -0.434 e. The van der Waals surface area contributed by atoms with Crippen LogP contribution < -0.4 is 10.2 Å². The molecule has 0 saturated heterocycles. The molecule has 0 amide bonds. The number of nitrogens with one attached hydrogen (secondary N) is 1. The molecule has 2 aromatic rings. The average molecular weight is 313 g/mol. The van der Waals surface area contributed by atoms with Crippen molar-refractivity contribution in [1.82, 2.24) is 10.2 Å². The molecule has 110 valence electrons. The Labute approximate surface area is 124 Å². The molecule has 0 aliphatic carbocycles. The number of benzene rings is 1. The Morgan fingerprint density at radius 1 is 1.24 bits per heavy atom. The van der Waals surface area contributed by atoms with Gasteiger partial charge in [-0.15, -0.1) is 10.2 Å². The van der Waals surface area contributed by atoms with Crippen molar-refractivity contribution in [3.63, 3.8) is 0 Å². The predicted octanol–water partition coefficient (Wildman–Crippen LogP) is 3.57. The van der Waals surface area contributed by atoms with E-state index in [1.165, 1.54) is 6.07 Å². The summed E-state index contributed by atoms with van der Waals surface area (Å²) in [7, 11) is 0. The monoisotopic (exact) mass is 312 g/mol. The molecule has 8 heteroatoms. The van der Waals surface area contributed by atoms with Gasteiger partial charge in [0.2, 0.25) is 0 Å². The van der Waals surface area contributed by atoms with E-state index in [0.717, 1.165) is 0 Å². The quantitative estimate of drug-likeness (QED) is 0.677. The van der Waals surface area contributed by atoms with Gasteiger partial charge in [0.1, 0.15) is 5.75 Å². The molecule has 1 aromatic heterocycles. The minimum atomic E-state index is -2.89. The largest absolute Gasteiger partial charge is 0.434 e. The summed E-state index contributed by atoms with van der Waals surface area (Å²) in [6.07, 6.45) is 0. The fourth-order valence-electron chi connectivity index (χ4n) is 1.54. The van der Waals surface area contributed by atoms with Crippen LogP contribution in [-0.4, -0.2) is 22.5 Å². The summed E-state index contributed by atoms with van der Waals surface area (Å²) in [6, 6.07) is 9.53. The zero-order valence-electron chi connectivity index (χ0n) is 10.9. The summed E-state index contributed by atoms with van der Waals surface area (Å²) < 4.78 is 29.1. The number of hydrogen-bond acceptors (Lipinski definition) is 5. The highest BCUT2D eigenvalue weighted by Crippen LogP contribution is 2.21. The molecule has 5 nitrogen and oxygen atoms in total. The van der Waals surface area contributed by atoms with Crippen LogP contribution in [0.25, 0.3) is 0 Å². The van der Waals surface area contributed by atoms with E-state index in [1.54, 1.807) is 37.3 Å². The summed E-state index contributed by atoms with van der Waals surface area (Å²) in [6.45, 7) is -1.24. The molecule has 0 bridgehead atoms. The van der Waals surface area contributed by atoms with Crippen molar-refractivity contribution in [2.45, 2.75) is 13.5 Å². The van der Waals surface area contributed by atoms with Crippen LogP contribution in [0.4, 0.5) is 14.6 Å². The fourth-order valence-corrected chi connectivity index (χ4v) is 1.64. The molecule has 1 N–H and O–H groups in total. The first-order valence-electron chi connectivity index (χ1n) is 5.90. The minimum absolute atomic E-state index is 0.0535. The van der Waals surface area contributed by atoms with Crippen molar-refractivity contribution in [3.8, 4) is 5.75 Å². The smallest absolute Gasteiger partial charge is 0.387 e. The highest BCUT2D eigenvalue weighted by molar-refractivity contribution is 6.29. The Morgan fingerprint density at radius 3 is 2.67 bits per heavy atom. The number of hydrogen-bond donors (Lipinski definition) is 1. The van der Waals surface area contributed by atoms with Gasteiger partial charge in [-0.2, -0.15) is 13.9 Å². The molecule has 0 fully saturated rings. The van der Waals surface area contributed by atoms with E-state index in [1.807, 2.05) is 0 Å². The number of aromatic nitrogens is 2. The van der Waals surface area contributed by atoms with Crippen molar-refractivity contribution in [2.75, 3.05) is 5.43 Å². The number of hydrazone groups is 1. The number of halogens is 3. The molecule has 21 heavy (non-hydrogen) atoms. The molecule has 0 atom stereocenters. The highest BCUT2D eigenvalue weighted by Gasteiger charge is 2.11. The highest BCUT2D eigenvalue weighted by atomic mass is 35.5.